The molecule has 0 saturated heterocycles. The molecular formula is C22H18Cl2F3N3O5S2. The van der Waals surface area contributed by atoms with E-state index in [1.165, 1.54) is 36.4 Å². The number of amides is 1. The van der Waals surface area contributed by atoms with Crippen LogP contribution < -0.4 is 14.3 Å². The predicted molar refractivity (Wildman–Crippen MR) is 136 cm³/mol. The highest BCUT2D eigenvalue weighted by atomic mass is 35.5. The summed E-state index contributed by atoms with van der Waals surface area (Å²) in [6, 6.07) is 12.4. The van der Waals surface area contributed by atoms with Gasteiger partial charge in [0, 0.05) is 21.4 Å². The van der Waals surface area contributed by atoms with Crippen LogP contribution >= 0.6 is 23.2 Å². The van der Waals surface area contributed by atoms with Crippen LogP contribution in [0, 0.1) is 0 Å². The lowest BCUT2D eigenvalue weighted by Gasteiger charge is -2.22. The van der Waals surface area contributed by atoms with Crippen molar-refractivity contribution in [3.05, 3.63) is 82.3 Å². The molecule has 0 aliphatic rings. The van der Waals surface area contributed by atoms with Crippen LogP contribution in [-0.4, -0.2) is 35.5 Å². The number of alkyl halides is 3. The number of carbonyl (C=O) groups is 1. The third kappa shape index (κ3) is 7.74. The molecule has 8 nitrogen and oxygen atoms in total. The fourth-order valence-corrected chi connectivity index (χ4v) is 5.51. The highest BCUT2D eigenvalue weighted by Gasteiger charge is 2.30. The van der Waals surface area contributed by atoms with Gasteiger partial charge in [-0.15, -0.1) is 0 Å². The van der Waals surface area contributed by atoms with E-state index in [0.29, 0.717) is 6.07 Å². The lowest BCUT2D eigenvalue weighted by molar-refractivity contribution is -0.137. The highest BCUT2D eigenvalue weighted by Crippen LogP contribution is 2.31. The maximum atomic E-state index is 12.9. The molecule has 3 aromatic carbocycles. The van der Waals surface area contributed by atoms with E-state index in [1.54, 1.807) is 0 Å². The quantitative estimate of drug-likeness (QED) is 0.371. The van der Waals surface area contributed by atoms with Gasteiger partial charge in [-0.25, -0.2) is 16.8 Å². The molecule has 0 spiro atoms. The van der Waals surface area contributed by atoms with Crippen LogP contribution in [0.3, 0.4) is 0 Å². The number of rotatable bonds is 8. The van der Waals surface area contributed by atoms with E-state index < -0.39 is 44.2 Å². The molecule has 15 heteroatoms. The zero-order valence-corrected chi connectivity index (χ0v) is 21.9. The first-order valence-corrected chi connectivity index (χ1v) is 14.2. The molecule has 198 valence electrons. The molecular weight excluding hydrogens is 578 g/mol. The molecule has 0 bridgehead atoms. The summed E-state index contributed by atoms with van der Waals surface area (Å²) >= 11 is 11.9. The minimum atomic E-state index is -4.65. The molecule has 0 aromatic heterocycles. The number of nitrogens with zero attached hydrogens (tertiary/aromatic N) is 1. The van der Waals surface area contributed by atoms with Gasteiger partial charge in [0.05, 0.1) is 22.4 Å². The molecule has 0 unspecified atom stereocenters. The molecule has 0 saturated carbocycles. The van der Waals surface area contributed by atoms with E-state index in [0.717, 1.165) is 34.8 Å². The third-order valence-corrected chi connectivity index (χ3v) is 7.69. The molecule has 3 rings (SSSR count). The standard InChI is InChI=1S/C22H18Cl2F3N3O5S2/c1-36(32,33)30(19-11-15(23)10-16(24)12-19)13-21(31)28-17-5-7-20(8-6-17)37(34,35)29-18-4-2-3-14(9-18)22(25,26)27/h2-12,29H,13H2,1H3,(H,28,31). The summed E-state index contributed by atoms with van der Waals surface area (Å²) in [5, 5.41) is 2.76. The van der Waals surface area contributed by atoms with Gasteiger partial charge in [0.1, 0.15) is 6.54 Å². The highest BCUT2D eigenvalue weighted by molar-refractivity contribution is 7.92. The Bertz CT molecular complexity index is 1510. The van der Waals surface area contributed by atoms with E-state index in [-0.39, 0.29) is 32.0 Å². The zero-order chi connectivity index (χ0) is 27.6. The van der Waals surface area contributed by atoms with Crippen molar-refractivity contribution < 1.29 is 34.8 Å². The molecule has 0 fully saturated rings. The lowest BCUT2D eigenvalue weighted by Crippen LogP contribution is -2.37. The average Bonchev–Trinajstić information content (AvgIpc) is 2.76. The van der Waals surface area contributed by atoms with Crippen LogP contribution in [0.25, 0.3) is 0 Å². The van der Waals surface area contributed by atoms with Gasteiger partial charge in [-0.05, 0) is 60.7 Å². The first kappa shape index (κ1) is 28.6. The van der Waals surface area contributed by atoms with Gasteiger partial charge >= 0.3 is 6.18 Å². The van der Waals surface area contributed by atoms with Crippen molar-refractivity contribution in [3.63, 3.8) is 0 Å². The second kappa shape index (κ2) is 10.8. The summed E-state index contributed by atoms with van der Waals surface area (Å²) < 4.78 is 91.2. The number of benzene rings is 3. The smallest absolute Gasteiger partial charge is 0.325 e. The number of sulfonamides is 2. The number of hydrogen-bond donors (Lipinski definition) is 2. The second-order valence-electron chi connectivity index (χ2n) is 7.65. The zero-order valence-electron chi connectivity index (χ0n) is 18.8. The van der Waals surface area contributed by atoms with E-state index in [9.17, 15) is 34.8 Å². The number of nitrogens with one attached hydrogen (secondary N) is 2. The monoisotopic (exact) mass is 595 g/mol. The van der Waals surface area contributed by atoms with Crippen LogP contribution in [-0.2, 0) is 31.0 Å². The molecule has 37 heavy (non-hydrogen) atoms. The van der Waals surface area contributed by atoms with Crippen LogP contribution in [0.5, 0.6) is 0 Å². The summed E-state index contributed by atoms with van der Waals surface area (Å²) in [4.78, 5) is 12.3. The number of carbonyl (C=O) groups excluding carboxylic acids is 1. The van der Waals surface area contributed by atoms with Gasteiger partial charge < -0.3 is 5.32 Å². The van der Waals surface area contributed by atoms with E-state index in [4.69, 9.17) is 23.2 Å². The topological polar surface area (TPSA) is 113 Å². The summed E-state index contributed by atoms with van der Waals surface area (Å²) in [6.45, 7) is -0.632. The Balaban J connectivity index is 1.73. The Morgan fingerprint density at radius 3 is 2.03 bits per heavy atom. The van der Waals surface area contributed by atoms with Crippen molar-refractivity contribution >= 4 is 66.2 Å². The molecule has 0 aliphatic heterocycles. The Morgan fingerprint density at radius 2 is 1.49 bits per heavy atom. The number of anilines is 3. The fraction of sp³-hybridized carbons (Fsp3) is 0.136. The third-order valence-electron chi connectivity index (χ3n) is 4.71. The van der Waals surface area contributed by atoms with Crippen LogP contribution in [0.2, 0.25) is 10.0 Å². The molecule has 0 radical (unpaired) electrons. The van der Waals surface area contributed by atoms with Gasteiger partial charge in [-0.3, -0.25) is 13.8 Å². The van der Waals surface area contributed by atoms with Gasteiger partial charge in [0.25, 0.3) is 10.0 Å². The summed E-state index contributed by atoms with van der Waals surface area (Å²) in [5.74, 6) is -0.751. The normalized spacial score (nSPS) is 12.2. The Labute approximate surface area is 221 Å². The van der Waals surface area contributed by atoms with Crippen molar-refractivity contribution in [2.24, 2.45) is 0 Å². The summed E-state index contributed by atoms with van der Waals surface area (Å²) in [5.41, 5.74) is -1.10. The van der Waals surface area contributed by atoms with Crippen molar-refractivity contribution in [2.75, 3.05) is 27.1 Å². The van der Waals surface area contributed by atoms with Crippen molar-refractivity contribution in [3.8, 4) is 0 Å². The largest absolute Gasteiger partial charge is 0.416 e. The predicted octanol–water partition coefficient (Wildman–Crippen LogP) is 5.22. The van der Waals surface area contributed by atoms with E-state index >= 15 is 0 Å². The Hall–Kier alpha value is -3.00. The SMILES string of the molecule is CS(=O)(=O)N(CC(=O)Nc1ccc(S(=O)(=O)Nc2cccc(C(F)(F)F)c2)cc1)c1cc(Cl)cc(Cl)c1. The average molecular weight is 596 g/mol. The van der Waals surface area contributed by atoms with E-state index in [1.807, 2.05) is 0 Å². The van der Waals surface area contributed by atoms with Gasteiger partial charge in [-0.2, -0.15) is 13.2 Å². The summed E-state index contributed by atoms with van der Waals surface area (Å²) in [7, 11) is -8.16. The minimum absolute atomic E-state index is 0.0669. The van der Waals surface area contributed by atoms with Gasteiger partial charge in [-0.1, -0.05) is 29.3 Å². The van der Waals surface area contributed by atoms with Crippen LogP contribution in [0.4, 0.5) is 30.2 Å². The van der Waals surface area contributed by atoms with Gasteiger partial charge in [0.2, 0.25) is 15.9 Å². The molecule has 0 aliphatic carbocycles. The summed E-state index contributed by atoms with van der Waals surface area (Å²) in [6.07, 6.45) is -3.75. The molecule has 2 N–H and O–H groups in total. The minimum Gasteiger partial charge on any atom is -0.325 e. The molecule has 1 amide bonds. The first-order chi connectivity index (χ1) is 17.0. The fourth-order valence-electron chi connectivity index (χ4n) is 3.10. The van der Waals surface area contributed by atoms with Crippen molar-refractivity contribution in [2.45, 2.75) is 11.1 Å². The lowest BCUT2D eigenvalue weighted by atomic mass is 10.2. The van der Waals surface area contributed by atoms with Gasteiger partial charge in [0.15, 0.2) is 0 Å². The second-order valence-corrected chi connectivity index (χ2v) is 12.1. The van der Waals surface area contributed by atoms with Crippen LogP contribution in [0.1, 0.15) is 5.56 Å². The molecule has 0 heterocycles. The van der Waals surface area contributed by atoms with E-state index in [2.05, 4.69) is 10.0 Å². The Morgan fingerprint density at radius 1 is 0.892 bits per heavy atom. The molecule has 3 aromatic rings. The first-order valence-electron chi connectivity index (χ1n) is 10.1. The maximum Gasteiger partial charge on any atom is 0.416 e. The maximum absolute atomic E-state index is 12.9. The number of hydrogen-bond acceptors (Lipinski definition) is 5. The van der Waals surface area contributed by atoms with Crippen molar-refractivity contribution in [1.29, 1.82) is 0 Å². The number of halogens is 5. The molecule has 0 atom stereocenters. The van der Waals surface area contributed by atoms with Crippen LogP contribution in [0.15, 0.2) is 71.6 Å². The van der Waals surface area contributed by atoms with Crippen molar-refractivity contribution in [1.82, 2.24) is 0 Å². The Kier molecular flexibility index (Phi) is 8.32.